The summed E-state index contributed by atoms with van der Waals surface area (Å²) < 4.78 is 17.8. The Bertz CT molecular complexity index is 1170. The number of anilines is 4. The van der Waals surface area contributed by atoms with Crippen LogP contribution in [0.2, 0.25) is 0 Å². The van der Waals surface area contributed by atoms with E-state index in [9.17, 15) is 4.79 Å². The van der Waals surface area contributed by atoms with Crippen molar-refractivity contribution in [1.82, 2.24) is 4.98 Å². The van der Waals surface area contributed by atoms with Crippen LogP contribution in [0.4, 0.5) is 22.9 Å². The van der Waals surface area contributed by atoms with Crippen LogP contribution in [-0.4, -0.2) is 61.6 Å². The Kier molecular flexibility index (Phi) is 7.53. The van der Waals surface area contributed by atoms with Gasteiger partial charge in [-0.15, -0.1) is 0 Å². The van der Waals surface area contributed by atoms with Gasteiger partial charge in [-0.3, -0.25) is 4.79 Å². The van der Waals surface area contributed by atoms with Crippen LogP contribution in [0.5, 0.6) is 0 Å². The van der Waals surface area contributed by atoms with E-state index in [2.05, 4.69) is 53.3 Å². The fourth-order valence-electron chi connectivity index (χ4n) is 6.83. The molecule has 39 heavy (non-hydrogen) atoms. The molecule has 1 aromatic carbocycles. The lowest BCUT2D eigenvalue weighted by atomic mass is 9.86. The van der Waals surface area contributed by atoms with Crippen LogP contribution in [-0.2, 0) is 25.5 Å². The van der Waals surface area contributed by atoms with Gasteiger partial charge in [-0.25, -0.2) is 4.98 Å². The van der Waals surface area contributed by atoms with Gasteiger partial charge < -0.3 is 29.3 Å². The molecule has 1 atom stereocenters. The minimum Gasteiger partial charge on any atom is -0.379 e. The summed E-state index contributed by atoms with van der Waals surface area (Å²) in [6.45, 7) is 7.24. The van der Waals surface area contributed by atoms with Gasteiger partial charge in [0.05, 0.1) is 48.4 Å². The van der Waals surface area contributed by atoms with E-state index in [0.717, 1.165) is 86.5 Å². The molecule has 0 radical (unpaired) electrons. The number of aromatic nitrogens is 1. The van der Waals surface area contributed by atoms with E-state index in [1.165, 1.54) is 0 Å². The van der Waals surface area contributed by atoms with Crippen molar-refractivity contribution in [3.05, 3.63) is 42.1 Å². The van der Waals surface area contributed by atoms with Gasteiger partial charge in [-0.1, -0.05) is 6.07 Å². The normalized spacial score (nSPS) is 26.2. The first kappa shape index (κ1) is 26.5. The number of amides is 1. The lowest BCUT2D eigenvalue weighted by molar-refractivity contribution is -0.124. The summed E-state index contributed by atoms with van der Waals surface area (Å²) in [5.41, 5.74) is 3.99. The summed E-state index contributed by atoms with van der Waals surface area (Å²) in [7, 11) is 1.78. The van der Waals surface area contributed by atoms with E-state index in [0.29, 0.717) is 13.2 Å². The number of nitrogens with one attached hydrogen (secondary N) is 1. The third-order valence-corrected chi connectivity index (χ3v) is 9.05. The Hall–Kier alpha value is -2.68. The second kappa shape index (κ2) is 11.1. The van der Waals surface area contributed by atoms with Gasteiger partial charge in [-0.2, -0.15) is 0 Å². The van der Waals surface area contributed by atoms with Crippen molar-refractivity contribution in [2.24, 2.45) is 5.92 Å². The molecule has 3 fully saturated rings. The highest BCUT2D eigenvalue weighted by molar-refractivity contribution is 6.00. The van der Waals surface area contributed by atoms with Gasteiger partial charge >= 0.3 is 0 Å². The van der Waals surface area contributed by atoms with Crippen LogP contribution in [0.3, 0.4) is 0 Å². The zero-order valence-corrected chi connectivity index (χ0v) is 23.5. The number of nitrogens with zero attached hydrogens (tertiary/aromatic N) is 3. The molecule has 1 amide bonds. The highest BCUT2D eigenvalue weighted by atomic mass is 16.6. The first-order valence-electron chi connectivity index (χ1n) is 14.7. The number of hydrogen-bond donors (Lipinski definition) is 1. The first-order chi connectivity index (χ1) is 18.9. The van der Waals surface area contributed by atoms with Crippen molar-refractivity contribution in [3.8, 4) is 0 Å². The molecule has 1 aromatic heterocycles. The Balaban J connectivity index is 1.23. The summed E-state index contributed by atoms with van der Waals surface area (Å²) in [6, 6.07) is 10.5. The van der Waals surface area contributed by atoms with Crippen LogP contribution in [0.1, 0.15) is 64.4 Å². The quantitative estimate of drug-likeness (QED) is 0.548. The molecule has 210 valence electrons. The third-order valence-electron chi connectivity index (χ3n) is 9.05. The maximum Gasteiger partial charge on any atom is 0.230 e. The largest absolute Gasteiger partial charge is 0.379 e. The highest BCUT2D eigenvalue weighted by Gasteiger charge is 2.43. The Morgan fingerprint density at radius 2 is 1.92 bits per heavy atom. The van der Waals surface area contributed by atoms with E-state index in [1.807, 2.05) is 11.0 Å². The molecule has 1 aliphatic carbocycles. The summed E-state index contributed by atoms with van der Waals surface area (Å²) in [6.07, 6.45) is 9.05. The molecule has 0 bridgehead atoms. The van der Waals surface area contributed by atoms with Gasteiger partial charge in [0.15, 0.2) is 0 Å². The van der Waals surface area contributed by atoms with E-state index < -0.39 is 0 Å². The second-order valence-corrected chi connectivity index (χ2v) is 12.0. The number of carbonyl (C=O) groups is 1. The summed E-state index contributed by atoms with van der Waals surface area (Å²) in [5.74, 6) is 1.04. The van der Waals surface area contributed by atoms with Crippen LogP contribution < -0.4 is 15.1 Å². The van der Waals surface area contributed by atoms with Crippen LogP contribution in [0.25, 0.3) is 0 Å². The number of carbonyl (C=O) groups excluding carboxylic acids is 1. The molecular formula is C31H42N4O4. The van der Waals surface area contributed by atoms with E-state index in [4.69, 9.17) is 14.2 Å². The first-order valence-corrected chi connectivity index (χ1v) is 14.7. The van der Waals surface area contributed by atoms with Crippen molar-refractivity contribution >= 4 is 28.8 Å². The SMILES string of the molecule is CO[C@H]1COC2(CCN(c3ccc4c(c3)N(C(=O)[C@H]3CC[C@H](OC(C)C)CC3)Cc3cccnc3N4)CC2)C1. The fourth-order valence-corrected chi connectivity index (χ4v) is 6.83. The van der Waals surface area contributed by atoms with Crippen molar-refractivity contribution in [2.45, 2.75) is 89.3 Å². The zero-order chi connectivity index (χ0) is 27.0. The average molecular weight is 535 g/mol. The number of ether oxygens (including phenoxy) is 3. The lowest BCUT2D eigenvalue weighted by Gasteiger charge is -2.40. The zero-order valence-electron chi connectivity index (χ0n) is 23.5. The summed E-state index contributed by atoms with van der Waals surface area (Å²) >= 11 is 0. The summed E-state index contributed by atoms with van der Waals surface area (Å²) in [4.78, 5) is 23.1. The maximum atomic E-state index is 14.1. The van der Waals surface area contributed by atoms with Gasteiger partial charge in [0.2, 0.25) is 5.91 Å². The Labute approximate surface area is 232 Å². The van der Waals surface area contributed by atoms with E-state index in [-0.39, 0.29) is 35.7 Å². The number of rotatable bonds is 5. The molecule has 3 aliphatic heterocycles. The van der Waals surface area contributed by atoms with Gasteiger partial charge in [0, 0.05) is 50.0 Å². The smallest absolute Gasteiger partial charge is 0.230 e. The topological polar surface area (TPSA) is 76.2 Å². The number of pyridine rings is 1. The predicted molar refractivity (Wildman–Crippen MR) is 153 cm³/mol. The van der Waals surface area contributed by atoms with Gasteiger partial charge in [0.1, 0.15) is 5.82 Å². The minimum absolute atomic E-state index is 0.00910. The van der Waals surface area contributed by atoms with Crippen molar-refractivity contribution < 1.29 is 19.0 Å². The fraction of sp³-hybridized carbons (Fsp3) is 0.613. The second-order valence-electron chi connectivity index (χ2n) is 12.0. The average Bonchev–Trinajstić information content (AvgIpc) is 3.27. The van der Waals surface area contributed by atoms with Gasteiger partial charge in [-0.05, 0) is 76.6 Å². The van der Waals surface area contributed by atoms with Crippen molar-refractivity contribution in [3.63, 3.8) is 0 Å². The molecule has 8 heteroatoms. The van der Waals surface area contributed by atoms with E-state index in [1.54, 1.807) is 13.3 Å². The number of methoxy groups -OCH3 is 1. The van der Waals surface area contributed by atoms with Crippen LogP contribution >= 0.6 is 0 Å². The third kappa shape index (κ3) is 5.52. The maximum absolute atomic E-state index is 14.1. The summed E-state index contributed by atoms with van der Waals surface area (Å²) in [5, 5.41) is 3.52. The molecule has 2 saturated heterocycles. The molecule has 0 unspecified atom stereocenters. The highest BCUT2D eigenvalue weighted by Crippen LogP contribution is 2.42. The molecule has 1 N–H and O–H groups in total. The number of benzene rings is 1. The predicted octanol–water partition coefficient (Wildman–Crippen LogP) is 5.43. The van der Waals surface area contributed by atoms with Crippen molar-refractivity contribution in [1.29, 1.82) is 0 Å². The molecule has 1 saturated carbocycles. The minimum atomic E-state index is -0.0577. The Morgan fingerprint density at radius 1 is 1.13 bits per heavy atom. The lowest BCUT2D eigenvalue weighted by Crippen LogP contribution is -2.44. The molecule has 4 heterocycles. The molecular weight excluding hydrogens is 492 g/mol. The molecule has 6 rings (SSSR count). The molecule has 4 aliphatic rings. The number of fused-ring (bicyclic) bond motifs is 2. The van der Waals surface area contributed by atoms with Crippen LogP contribution in [0.15, 0.2) is 36.5 Å². The molecule has 1 spiro atoms. The number of hydrogen-bond acceptors (Lipinski definition) is 7. The number of piperidine rings is 1. The van der Waals surface area contributed by atoms with Crippen LogP contribution in [0, 0.1) is 5.92 Å². The standard InChI is InChI=1S/C31H42N4O4/c1-21(2)39-25-9-6-22(7-10-25)30(36)35-19-23-5-4-14-32-29(23)33-27-11-8-24(17-28(27)35)34-15-12-31(13-16-34)18-26(37-3)20-38-31/h4-5,8,11,14,17,21-22,25-26H,6-7,9-10,12-13,15-16,18-20H2,1-3H3,(H,32,33)/t22-,25-,26-/m1/s1. The monoisotopic (exact) mass is 534 g/mol. The van der Waals surface area contributed by atoms with E-state index >= 15 is 0 Å². The Morgan fingerprint density at radius 3 is 2.64 bits per heavy atom. The van der Waals surface area contributed by atoms with Gasteiger partial charge in [0.25, 0.3) is 0 Å². The van der Waals surface area contributed by atoms with Crippen molar-refractivity contribution in [2.75, 3.05) is 41.9 Å². The molecule has 8 nitrogen and oxygen atoms in total. The molecule has 2 aromatic rings.